The van der Waals surface area contributed by atoms with E-state index in [-0.39, 0.29) is 11.5 Å². The highest BCUT2D eigenvalue weighted by molar-refractivity contribution is 7.87. The maximum absolute atomic E-state index is 12.6. The number of esters is 1. The number of hydrogen-bond acceptors (Lipinski definition) is 7. The molecule has 0 bridgehead atoms. The summed E-state index contributed by atoms with van der Waals surface area (Å²) in [6.07, 6.45) is 0. The molecule has 9 heteroatoms. The number of carbonyl (C=O) groups excluding carboxylic acids is 1. The maximum atomic E-state index is 12.6. The molecule has 0 spiro atoms. The Balaban J connectivity index is 2.14. The summed E-state index contributed by atoms with van der Waals surface area (Å²) in [6, 6.07) is 15.2. The Morgan fingerprint density at radius 2 is 1.72 bits per heavy atom. The molecule has 3 aromatic rings. The summed E-state index contributed by atoms with van der Waals surface area (Å²) in [7, 11) is -4.28. The van der Waals surface area contributed by atoms with Gasteiger partial charge < -0.3 is 8.92 Å². The lowest BCUT2D eigenvalue weighted by atomic mass is 10.2. The lowest BCUT2D eigenvalue weighted by Gasteiger charge is -2.13. The van der Waals surface area contributed by atoms with Crippen molar-refractivity contribution in [1.82, 2.24) is 9.78 Å². The quantitative estimate of drug-likeness (QED) is 0.451. The van der Waals surface area contributed by atoms with Crippen molar-refractivity contribution in [3.8, 4) is 11.4 Å². The monoisotopic (exact) mass is 414 g/mol. The topological polar surface area (TPSA) is 105 Å². The van der Waals surface area contributed by atoms with Crippen LogP contribution in [0.25, 0.3) is 5.69 Å². The zero-order valence-corrected chi connectivity index (χ0v) is 16.5. The van der Waals surface area contributed by atoms with Gasteiger partial charge in [-0.25, -0.2) is 4.79 Å². The minimum atomic E-state index is -4.28. The fourth-order valence-corrected chi connectivity index (χ4v) is 3.52. The maximum Gasteiger partial charge on any atom is 0.362 e. The molecule has 0 saturated carbocycles. The highest BCUT2D eigenvalue weighted by atomic mass is 32.2. The van der Waals surface area contributed by atoms with Crippen LogP contribution in [0.3, 0.4) is 0 Å². The molecule has 150 valence electrons. The van der Waals surface area contributed by atoms with Crippen LogP contribution in [0.4, 0.5) is 0 Å². The molecule has 0 aliphatic rings. The zero-order valence-electron chi connectivity index (χ0n) is 15.7. The summed E-state index contributed by atoms with van der Waals surface area (Å²) >= 11 is 0. The van der Waals surface area contributed by atoms with Gasteiger partial charge in [0, 0.05) is 0 Å². The number of rotatable bonds is 6. The van der Waals surface area contributed by atoms with Gasteiger partial charge in [0.25, 0.3) is 5.56 Å². The van der Waals surface area contributed by atoms with Crippen LogP contribution in [0.15, 0.2) is 70.4 Å². The Kier molecular flexibility index (Phi) is 5.79. The fourth-order valence-electron chi connectivity index (χ4n) is 2.57. The van der Waals surface area contributed by atoms with Gasteiger partial charge in [0.2, 0.25) is 5.69 Å². The Morgan fingerprint density at radius 1 is 1.07 bits per heavy atom. The molecule has 29 heavy (non-hydrogen) atoms. The predicted octanol–water partition coefficient (Wildman–Crippen LogP) is 2.49. The van der Waals surface area contributed by atoms with Crippen LogP contribution in [0, 0.1) is 6.92 Å². The summed E-state index contributed by atoms with van der Waals surface area (Å²) in [5.74, 6) is -1.41. The lowest BCUT2D eigenvalue weighted by molar-refractivity contribution is 0.0515. The Hall–Kier alpha value is -3.46. The van der Waals surface area contributed by atoms with Crippen molar-refractivity contribution < 1.29 is 22.1 Å². The molecule has 1 aromatic heterocycles. The molecule has 0 atom stereocenters. The molecular weight excluding hydrogens is 396 g/mol. The first-order chi connectivity index (χ1) is 13.8. The molecule has 0 aliphatic heterocycles. The minimum Gasteiger partial charge on any atom is -0.461 e. The van der Waals surface area contributed by atoms with Crippen molar-refractivity contribution in [2.45, 2.75) is 18.7 Å². The first kappa shape index (κ1) is 20.3. The average molecular weight is 414 g/mol. The van der Waals surface area contributed by atoms with Gasteiger partial charge in [0.15, 0.2) is 5.75 Å². The number of aromatic nitrogens is 2. The van der Waals surface area contributed by atoms with Crippen molar-refractivity contribution in [1.29, 1.82) is 0 Å². The van der Waals surface area contributed by atoms with Crippen LogP contribution in [-0.2, 0) is 14.9 Å². The predicted molar refractivity (Wildman–Crippen MR) is 105 cm³/mol. The van der Waals surface area contributed by atoms with Crippen LogP contribution < -0.4 is 9.74 Å². The van der Waals surface area contributed by atoms with Crippen LogP contribution in [-0.4, -0.2) is 30.8 Å². The molecule has 0 radical (unpaired) electrons. The Bertz CT molecular complexity index is 1200. The van der Waals surface area contributed by atoms with Gasteiger partial charge in [-0.1, -0.05) is 36.4 Å². The largest absolute Gasteiger partial charge is 0.461 e. The van der Waals surface area contributed by atoms with Gasteiger partial charge >= 0.3 is 16.1 Å². The molecule has 0 N–H and O–H groups in total. The first-order valence-corrected chi connectivity index (χ1v) is 10.1. The summed E-state index contributed by atoms with van der Waals surface area (Å²) in [6.45, 7) is 3.41. The molecule has 0 fully saturated rings. The van der Waals surface area contributed by atoms with Crippen molar-refractivity contribution >= 4 is 16.1 Å². The summed E-state index contributed by atoms with van der Waals surface area (Å²) in [5, 5.41) is 4.04. The summed E-state index contributed by atoms with van der Waals surface area (Å²) in [4.78, 5) is 24.9. The minimum absolute atomic E-state index is 0.0366. The van der Waals surface area contributed by atoms with E-state index in [4.69, 9.17) is 8.92 Å². The number of aryl methyl sites for hydroxylation is 1. The molecule has 0 unspecified atom stereocenters. The molecular formula is C20H18N2O6S. The Labute approximate surface area is 167 Å². The third-order valence-corrected chi connectivity index (χ3v) is 5.19. The average Bonchev–Trinajstić information content (AvgIpc) is 2.69. The van der Waals surface area contributed by atoms with Gasteiger partial charge in [0.05, 0.1) is 18.4 Å². The van der Waals surface area contributed by atoms with E-state index in [1.807, 2.05) is 0 Å². The third kappa shape index (κ3) is 4.35. The number of benzene rings is 2. The van der Waals surface area contributed by atoms with Crippen molar-refractivity contribution in [2.24, 2.45) is 0 Å². The van der Waals surface area contributed by atoms with E-state index in [1.54, 1.807) is 44.2 Å². The van der Waals surface area contributed by atoms with Crippen molar-refractivity contribution in [2.75, 3.05) is 6.61 Å². The van der Waals surface area contributed by atoms with Gasteiger partial charge in [-0.3, -0.25) is 4.79 Å². The molecule has 2 aromatic carbocycles. The standard InChI is InChI=1S/C20H18N2O6S/c1-3-27-20(24)19-17(28-29(25,26)15-10-5-4-6-11-15)13-18(23)22(21-19)16-12-8-7-9-14(16)2/h4-13H,3H2,1-2H3. The van der Waals surface area contributed by atoms with Crippen molar-refractivity contribution in [3.05, 3.63) is 82.3 Å². The van der Waals surface area contributed by atoms with Crippen LogP contribution >= 0.6 is 0 Å². The number of carbonyl (C=O) groups is 1. The summed E-state index contributed by atoms with van der Waals surface area (Å²) in [5.41, 5.74) is 0.0998. The van der Waals surface area contributed by atoms with Gasteiger partial charge in [-0.15, -0.1) is 0 Å². The highest BCUT2D eigenvalue weighted by Gasteiger charge is 2.25. The first-order valence-electron chi connectivity index (χ1n) is 8.70. The zero-order chi connectivity index (χ0) is 21.0. The van der Waals surface area contributed by atoms with E-state index in [2.05, 4.69) is 5.10 Å². The molecule has 0 amide bonds. The fraction of sp³-hybridized carbons (Fsp3) is 0.150. The second-order valence-corrected chi connectivity index (χ2v) is 7.51. The van der Waals surface area contributed by atoms with Crippen LogP contribution in [0.2, 0.25) is 0 Å². The van der Waals surface area contributed by atoms with Crippen molar-refractivity contribution in [3.63, 3.8) is 0 Å². The molecule has 0 saturated heterocycles. The molecule has 3 rings (SSSR count). The van der Waals surface area contributed by atoms with E-state index in [0.717, 1.165) is 16.3 Å². The SMILES string of the molecule is CCOC(=O)c1nn(-c2ccccc2C)c(=O)cc1OS(=O)(=O)c1ccccc1. The Morgan fingerprint density at radius 3 is 2.38 bits per heavy atom. The normalized spacial score (nSPS) is 11.1. The highest BCUT2D eigenvalue weighted by Crippen LogP contribution is 2.22. The number of ether oxygens (including phenoxy) is 1. The van der Waals surface area contributed by atoms with Crippen LogP contribution in [0.1, 0.15) is 23.0 Å². The van der Waals surface area contributed by atoms with E-state index >= 15 is 0 Å². The molecule has 8 nitrogen and oxygen atoms in total. The number of para-hydroxylation sites is 1. The molecule has 0 aliphatic carbocycles. The third-order valence-electron chi connectivity index (χ3n) is 3.94. The van der Waals surface area contributed by atoms with E-state index < -0.39 is 33.1 Å². The van der Waals surface area contributed by atoms with Gasteiger partial charge in [-0.05, 0) is 37.6 Å². The van der Waals surface area contributed by atoms with Gasteiger partial charge in [-0.2, -0.15) is 18.2 Å². The number of hydrogen-bond donors (Lipinski definition) is 0. The van der Waals surface area contributed by atoms with Gasteiger partial charge in [0.1, 0.15) is 4.90 Å². The summed E-state index contributed by atoms with van der Waals surface area (Å²) < 4.78 is 36.1. The van der Waals surface area contributed by atoms with E-state index in [9.17, 15) is 18.0 Å². The lowest BCUT2D eigenvalue weighted by Crippen LogP contribution is -2.26. The number of nitrogens with zero attached hydrogens (tertiary/aromatic N) is 2. The molecule has 1 heterocycles. The van der Waals surface area contributed by atoms with E-state index in [1.165, 1.54) is 24.3 Å². The van der Waals surface area contributed by atoms with E-state index in [0.29, 0.717) is 5.69 Å². The smallest absolute Gasteiger partial charge is 0.362 e. The second kappa shape index (κ2) is 8.27. The second-order valence-electron chi connectivity index (χ2n) is 5.96. The van der Waals surface area contributed by atoms with Crippen LogP contribution in [0.5, 0.6) is 5.75 Å².